The summed E-state index contributed by atoms with van der Waals surface area (Å²) < 4.78 is 12.1. The van der Waals surface area contributed by atoms with Crippen LogP contribution >= 0.6 is 0 Å². The first-order valence-electron chi connectivity index (χ1n) is 13.2. The van der Waals surface area contributed by atoms with Crippen molar-refractivity contribution in [1.82, 2.24) is 4.90 Å². The van der Waals surface area contributed by atoms with E-state index < -0.39 is 18.1 Å². The number of aliphatic carboxylic acids is 1. The van der Waals surface area contributed by atoms with Gasteiger partial charge in [-0.25, -0.2) is 0 Å². The van der Waals surface area contributed by atoms with Crippen LogP contribution in [-0.4, -0.2) is 40.1 Å². The van der Waals surface area contributed by atoms with Crippen molar-refractivity contribution in [2.45, 2.75) is 71.6 Å². The largest absolute Gasteiger partial charge is 0.491 e. The lowest BCUT2D eigenvalue weighted by Crippen LogP contribution is -2.35. The van der Waals surface area contributed by atoms with Gasteiger partial charge in [-0.05, 0) is 79.3 Å². The Morgan fingerprint density at radius 2 is 1.74 bits per heavy atom. The molecule has 1 N–H and O–H groups in total. The number of nitrogens with zero attached hydrogens (tertiary/aromatic N) is 1. The maximum absolute atomic E-state index is 13.5. The molecule has 38 heavy (non-hydrogen) atoms. The van der Waals surface area contributed by atoms with Gasteiger partial charge in [0.15, 0.2) is 0 Å². The molecule has 6 heteroatoms. The molecule has 6 nitrogen and oxygen atoms in total. The number of benzene rings is 3. The Bertz CT molecular complexity index is 1300. The molecule has 0 radical (unpaired) electrons. The number of hydrogen-bond acceptors (Lipinski definition) is 4. The Balaban J connectivity index is 1.50. The number of ether oxygens (including phenoxy) is 2. The minimum absolute atomic E-state index is 0.0146. The van der Waals surface area contributed by atoms with Crippen molar-refractivity contribution in [2.75, 3.05) is 6.54 Å². The Labute approximate surface area is 225 Å². The van der Waals surface area contributed by atoms with Crippen molar-refractivity contribution in [2.24, 2.45) is 0 Å². The molecular weight excluding hydrogens is 478 g/mol. The molecule has 0 saturated heterocycles. The number of carbonyl (C=O) groups excluding carboxylic acids is 1. The standard InChI is InChI=1S/C32H37NO5/c1-21(2)25-11-9-23(10-12-25)17-32(5)18-27-16-26(13-14-29(27)38-32)31(36)33(20-30(34)35)19-24-7-6-8-28(15-24)37-22(3)4/h6-16,21-22H,17-20H2,1-5H3,(H,34,35). The third kappa shape index (κ3) is 6.74. The normalized spacial score (nSPS) is 16.3. The molecule has 1 aliphatic heterocycles. The van der Waals surface area contributed by atoms with Crippen LogP contribution in [0.2, 0.25) is 0 Å². The lowest BCUT2D eigenvalue weighted by Gasteiger charge is -2.24. The van der Waals surface area contributed by atoms with Crippen LogP contribution in [0, 0.1) is 0 Å². The number of rotatable bonds is 10. The molecule has 0 saturated carbocycles. The molecule has 4 rings (SSSR count). The number of fused-ring (bicyclic) bond motifs is 1. The van der Waals surface area contributed by atoms with Gasteiger partial charge in [-0.3, -0.25) is 9.59 Å². The Morgan fingerprint density at radius 1 is 1.00 bits per heavy atom. The van der Waals surface area contributed by atoms with Gasteiger partial charge in [-0.15, -0.1) is 0 Å². The van der Waals surface area contributed by atoms with Crippen molar-refractivity contribution in [3.63, 3.8) is 0 Å². The third-order valence-electron chi connectivity index (χ3n) is 6.71. The zero-order chi connectivity index (χ0) is 27.4. The van der Waals surface area contributed by atoms with Gasteiger partial charge in [-0.1, -0.05) is 50.2 Å². The molecule has 0 aliphatic carbocycles. The molecule has 0 fully saturated rings. The topological polar surface area (TPSA) is 76.1 Å². The van der Waals surface area contributed by atoms with Crippen molar-refractivity contribution in [1.29, 1.82) is 0 Å². The van der Waals surface area contributed by atoms with Crippen LogP contribution in [0.3, 0.4) is 0 Å². The molecule has 1 heterocycles. The van der Waals surface area contributed by atoms with E-state index >= 15 is 0 Å². The molecule has 3 aromatic rings. The number of carbonyl (C=O) groups is 2. The Morgan fingerprint density at radius 3 is 2.39 bits per heavy atom. The molecular formula is C32H37NO5. The van der Waals surface area contributed by atoms with Crippen molar-refractivity contribution < 1.29 is 24.2 Å². The van der Waals surface area contributed by atoms with E-state index in [1.807, 2.05) is 50.2 Å². The number of carboxylic acid groups (broad SMARTS) is 1. The van der Waals surface area contributed by atoms with Crippen LogP contribution < -0.4 is 9.47 Å². The van der Waals surface area contributed by atoms with Crippen molar-refractivity contribution >= 4 is 11.9 Å². The average molecular weight is 516 g/mol. The van der Waals surface area contributed by atoms with Gasteiger partial charge in [0.05, 0.1) is 6.10 Å². The fourth-order valence-electron chi connectivity index (χ4n) is 4.96. The van der Waals surface area contributed by atoms with Crippen LogP contribution in [0.5, 0.6) is 11.5 Å². The maximum Gasteiger partial charge on any atom is 0.323 e. The summed E-state index contributed by atoms with van der Waals surface area (Å²) in [7, 11) is 0. The highest BCUT2D eigenvalue weighted by Gasteiger charge is 2.35. The van der Waals surface area contributed by atoms with E-state index in [2.05, 4.69) is 45.0 Å². The summed E-state index contributed by atoms with van der Waals surface area (Å²) in [4.78, 5) is 26.4. The molecule has 1 amide bonds. The molecule has 200 valence electrons. The highest BCUT2D eigenvalue weighted by molar-refractivity contribution is 5.96. The second-order valence-corrected chi connectivity index (χ2v) is 11.0. The van der Waals surface area contributed by atoms with Crippen LogP contribution in [0.15, 0.2) is 66.7 Å². The van der Waals surface area contributed by atoms with Gasteiger partial charge in [0.2, 0.25) is 0 Å². The molecule has 1 aliphatic rings. The average Bonchev–Trinajstić information content (AvgIpc) is 3.17. The van der Waals surface area contributed by atoms with E-state index in [0.717, 1.165) is 23.3 Å². The predicted molar refractivity (Wildman–Crippen MR) is 148 cm³/mol. The lowest BCUT2D eigenvalue weighted by atomic mass is 9.90. The van der Waals surface area contributed by atoms with Gasteiger partial charge in [0.25, 0.3) is 5.91 Å². The molecule has 0 spiro atoms. The second kappa shape index (κ2) is 11.3. The summed E-state index contributed by atoms with van der Waals surface area (Å²) in [6.07, 6.45) is 1.44. The summed E-state index contributed by atoms with van der Waals surface area (Å²) in [5.41, 5.74) is 4.31. The van der Waals surface area contributed by atoms with Crippen LogP contribution in [0.4, 0.5) is 0 Å². The summed E-state index contributed by atoms with van der Waals surface area (Å²) in [6, 6.07) is 21.5. The number of carboxylic acids is 1. The molecule has 0 bridgehead atoms. The van der Waals surface area contributed by atoms with E-state index in [4.69, 9.17) is 9.47 Å². The van der Waals surface area contributed by atoms with Gasteiger partial charge in [0.1, 0.15) is 23.6 Å². The quantitative estimate of drug-likeness (QED) is 0.345. The predicted octanol–water partition coefficient (Wildman–Crippen LogP) is 6.26. The Hall–Kier alpha value is -3.80. The minimum Gasteiger partial charge on any atom is -0.491 e. The number of amides is 1. The van der Waals surface area contributed by atoms with Crippen LogP contribution in [0.25, 0.3) is 0 Å². The zero-order valence-corrected chi connectivity index (χ0v) is 22.9. The highest BCUT2D eigenvalue weighted by atomic mass is 16.5. The number of hydrogen-bond donors (Lipinski definition) is 1. The summed E-state index contributed by atoms with van der Waals surface area (Å²) in [6.45, 7) is 10.1. The highest BCUT2D eigenvalue weighted by Crippen LogP contribution is 2.38. The minimum atomic E-state index is -1.06. The van der Waals surface area contributed by atoms with Crippen molar-refractivity contribution in [3.8, 4) is 11.5 Å². The first kappa shape index (κ1) is 27.2. The van der Waals surface area contributed by atoms with E-state index in [1.54, 1.807) is 6.07 Å². The molecule has 3 aromatic carbocycles. The first-order chi connectivity index (χ1) is 18.0. The van der Waals surface area contributed by atoms with E-state index in [0.29, 0.717) is 23.7 Å². The van der Waals surface area contributed by atoms with Gasteiger partial charge >= 0.3 is 5.97 Å². The van der Waals surface area contributed by atoms with E-state index in [-0.39, 0.29) is 18.6 Å². The smallest absolute Gasteiger partial charge is 0.323 e. The summed E-state index contributed by atoms with van der Waals surface area (Å²) in [5.74, 6) is 0.552. The van der Waals surface area contributed by atoms with E-state index in [9.17, 15) is 14.7 Å². The SMILES string of the molecule is CC(C)Oc1cccc(CN(CC(=O)O)C(=O)c2ccc3c(c2)CC(C)(Cc2ccc(C(C)C)cc2)O3)c1. The molecule has 1 atom stereocenters. The first-order valence-corrected chi connectivity index (χ1v) is 13.2. The summed E-state index contributed by atoms with van der Waals surface area (Å²) in [5, 5.41) is 9.50. The van der Waals surface area contributed by atoms with Gasteiger partial charge < -0.3 is 19.5 Å². The van der Waals surface area contributed by atoms with Crippen molar-refractivity contribution in [3.05, 3.63) is 94.5 Å². The third-order valence-corrected chi connectivity index (χ3v) is 6.71. The summed E-state index contributed by atoms with van der Waals surface area (Å²) >= 11 is 0. The lowest BCUT2D eigenvalue weighted by molar-refractivity contribution is -0.137. The second-order valence-electron chi connectivity index (χ2n) is 11.0. The van der Waals surface area contributed by atoms with Gasteiger partial charge in [0, 0.05) is 24.9 Å². The fraction of sp³-hybridized carbons (Fsp3) is 0.375. The fourth-order valence-corrected chi connectivity index (χ4v) is 4.96. The maximum atomic E-state index is 13.5. The van der Waals surface area contributed by atoms with Crippen LogP contribution in [0.1, 0.15) is 73.1 Å². The monoisotopic (exact) mass is 515 g/mol. The zero-order valence-electron chi connectivity index (χ0n) is 22.9. The van der Waals surface area contributed by atoms with Crippen LogP contribution in [-0.2, 0) is 24.2 Å². The molecule has 0 aromatic heterocycles. The Kier molecular flexibility index (Phi) is 8.10. The van der Waals surface area contributed by atoms with E-state index in [1.165, 1.54) is 16.0 Å². The molecule has 1 unspecified atom stereocenters. The van der Waals surface area contributed by atoms with Gasteiger partial charge in [-0.2, -0.15) is 0 Å².